The van der Waals surface area contributed by atoms with Crippen LogP contribution in [0.25, 0.3) is 0 Å². The van der Waals surface area contributed by atoms with Gasteiger partial charge in [-0.2, -0.15) is 0 Å². The fourth-order valence-electron chi connectivity index (χ4n) is 0.966. The molecule has 0 radical (unpaired) electrons. The van der Waals surface area contributed by atoms with Gasteiger partial charge >= 0.3 is 6.03 Å². The number of urea groups is 1. The lowest BCUT2D eigenvalue weighted by molar-refractivity contribution is 0.259. The van der Waals surface area contributed by atoms with Crippen LogP contribution in [0.15, 0.2) is 23.4 Å². The topological polar surface area (TPSA) is 114 Å². The molecule has 0 spiro atoms. The molecule has 7 heteroatoms. The van der Waals surface area contributed by atoms with E-state index in [1.54, 1.807) is 0 Å². The molecular weight excluding hydrogens is 220 g/mol. The number of hydrogen-bond donors (Lipinski definition) is 4. The summed E-state index contributed by atoms with van der Waals surface area (Å²) in [4.78, 5) is 10.6. The van der Waals surface area contributed by atoms with Crippen molar-refractivity contribution in [2.24, 2.45) is 16.6 Å². The summed E-state index contributed by atoms with van der Waals surface area (Å²) < 4.78 is 0. The molecule has 0 saturated heterocycles. The lowest BCUT2D eigenvalue weighted by atomic mass is 10.2. The summed E-state index contributed by atoms with van der Waals surface area (Å²) in [6, 6.07) is 3.77. The molecule has 0 atom stereocenters. The Bertz CT molecular complexity index is 419. The van der Waals surface area contributed by atoms with Crippen LogP contribution in [0.5, 0.6) is 0 Å². The second-order valence-corrected chi connectivity index (χ2v) is 3.08. The van der Waals surface area contributed by atoms with E-state index in [9.17, 15) is 4.79 Å². The van der Waals surface area contributed by atoms with Crippen LogP contribution < -0.4 is 16.8 Å². The van der Waals surface area contributed by atoms with Crippen LogP contribution in [0.3, 0.4) is 0 Å². The minimum absolute atomic E-state index is 0.0671. The minimum Gasteiger partial charge on any atom is -0.409 e. The maximum absolute atomic E-state index is 10.6. The van der Waals surface area contributed by atoms with Crippen molar-refractivity contribution in [2.45, 2.75) is 0 Å². The van der Waals surface area contributed by atoms with Gasteiger partial charge in [0, 0.05) is 5.56 Å². The van der Waals surface area contributed by atoms with E-state index in [1.165, 1.54) is 18.2 Å². The van der Waals surface area contributed by atoms with Gasteiger partial charge < -0.3 is 22.0 Å². The van der Waals surface area contributed by atoms with E-state index in [-0.39, 0.29) is 10.9 Å². The van der Waals surface area contributed by atoms with E-state index in [2.05, 4.69) is 10.5 Å². The molecule has 0 saturated carbocycles. The van der Waals surface area contributed by atoms with E-state index in [0.29, 0.717) is 11.3 Å². The zero-order valence-corrected chi connectivity index (χ0v) is 8.32. The normalized spacial score (nSPS) is 11.1. The molecule has 80 valence electrons. The number of amides is 2. The van der Waals surface area contributed by atoms with Gasteiger partial charge in [0.15, 0.2) is 5.84 Å². The number of benzene rings is 1. The highest BCUT2D eigenvalue weighted by Gasteiger charge is 2.05. The quantitative estimate of drug-likeness (QED) is 0.261. The first-order valence-corrected chi connectivity index (χ1v) is 4.26. The summed E-state index contributed by atoms with van der Waals surface area (Å²) in [7, 11) is 0. The van der Waals surface area contributed by atoms with Crippen molar-refractivity contribution in [3.8, 4) is 0 Å². The number of nitrogens with one attached hydrogen (secondary N) is 1. The van der Waals surface area contributed by atoms with Crippen LogP contribution in [-0.2, 0) is 0 Å². The molecule has 0 aliphatic rings. The Kier molecular flexibility index (Phi) is 3.35. The van der Waals surface area contributed by atoms with E-state index >= 15 is 0 Å². The third kappa shape index (κ3) is 2.75. The maximum Gasteiger partial charge on any atom is 0.316 e. The molecule has 1 aromatic carbocycles. The Balaban J connectivity index is 3.03. The van der Waals surface area contributed by atoms with Crippen LogP contribution >= 0.6 is 11.6 Å². The standard InChI is InChI=1S/C8H9ClN4O2/c9-5-3-4(7(10)13-15)1-2-6(5)12-8(11)14/h1-3,15H,(H2,10,13)(H3,11,12,14). The van der Waals surface area contributed by atoms with Gasteiger partial charge in [0.25, 0.3) is 0 Å². The van der Waals surface area contributed by atoms with Crippen LogP contribution in [0.1, 0.15) is 5.56 Å². The number of oxime groups is 1. The molecule has 2 amide bonds. The maximum atomic E-state index is 10.6. The number of rotatable bonds is 2. The van der Waals surface area contributed by atoms with Gasteiger partial charge in [-0.25, -0.2) is 4.79 Å². The van der Waals surface area contributed by atoms with Gasteiger partial charge in [0.2, 0.25) is 0 Å². The van der Waals surface area contributed by atoms with Gasteiger partial charge in [-0.1, -0.05) is 16.8 Å². The molecule has 1 aromatic rings. The van der Waals surface area contributed by atoms with E-state index < -0.39 is 6.03 Å². The molecule has 1 rings (SSSR count). The molecule has 0 bridgehead atoms. The van der Waals surface area contributed by atoms with Crippen LogP contribution in [0.2, 0.25) is 5.02 Å². The Hall–Kier alpha value is -1.95. The van der Waals surface area contributed by atoms with Gasteiger partial charge in [-0.3, -0.25) is 0 Å². The summed E-state index contributed by atoms with van der Waals surface area (Å²) in [6.07, 6.45) is 0. The van der Waals surface area contributed by atoms with Crippen molar-refractivity contribution < 1.29 is 10.0 Å². The van der Waals surface area contributed by atoms with Crippen molar-refractivity contribution in [3.63, 3.8) is 0 Å². The molecule has 0 aliphatic heterocycles. The Morgan fingerprint density at radius 1 is 1.47 bits per heavy atom. The monoisotopic (exact) mass is 228 g/mol. The molecule has 15 heavy (non-hydrogen) atoms. The molecule has 0 fully saturated rings. The number of anilines is 1. The summed E-state index contributed by atoms with van der Waals surface area (Å²) in [6.45, 7) is 0. The average molecular weight is 229 g/mol. The molecule has 6 nitrogen and oxygen atoms in total. The second kappa shape index (κ2) is 4.52. The van der Waals surface area contributed by atoms with Gasteiger partial charge in [-0.15, -0.1) is 0 Å². The molecular formula is C8H9ClN4O2. The lowest BCUT2D eigenvalue weighted by Gasteiger charge is -2.06. The van der Waals surface area contributed by atoms with E-state index in [1.807, 2.05) is 0 Å². The lowest BCUT2D eigenvalue weighted by Crippen LogP contribution is -2.20. The molecule has 0 aliphatic carbocycles. The molecule has 0 heterocycles. The van der Waals surface area contributed by atoms with Crippen molar-refractivity contribution in [3.05, 3.63) is 28.8 Å². The summed E-state index contributed by atoms with van der Waals surface area (Å²) in [5, 5.41) is 13.8. The van der Waals surface area contributed by atoms with E-state index in [0.717, 1.165) is 0 Å². The highest BCUT2D eigenvalue weighted by molar-refractivity contribution is 6.34. The predicted molar refractivity (Wildman–Crippen MR) is 57.2 cm³/mol. The fourth-order valence-corrected chi connectivity index (χ4v) is 1.19. The first-order chi connectivity index (χ1) is 7.04. The zero-order valence-electron chi connectivity index (χ0n) is 7.57. The Labute approximate surface area is 90.5 Å². The second-order valence-electron chi connectivity index (χ2n) is 2.67. The minimum atomic E-state index is -0.714. The molecule has 0 unspecified atom stereocenters. The number of hydrogen-bond acceptors (Lipinski definition) is 3. The first kappa shape index (κ1) is 11.1. The van der Waals surface area contributed by atoms with Crippen molar-refractivity contribution in [1.82, 2.24) is 0 Å². The summed E-state index contributed by atoms with van der Waals surface area (Å²) >= 11 is 5.81. The van der Waals surface area contributed by atoms with Crippen molar-refractivity contribution in [1.29, 1.82) is 0 Å². The number of nitrogens with zero attached hydrogens (tertiary/aromatic N) is 1. The summed E-state index contributed by atoms with van der Waals surface area (Å²) in [5.41, 5.74) is 11.1. The average Bonchev–Trinajstić information content (AvgIpc) is 2.19. The number of halogens is 1. The smallest absolute Gasteiger partial charge is 0.316 e. The van der Waals surface area contributed by atoms with Crippen molar-refractivity contribution in [2.75, 3.05) is 5.32 Å². The SMILES string of the molecule is NC(=O)Nc1ccc(/C(N)=N/O)cc1Cl. The number of primary amides is 1. The van der Waals surface area contributed by atoms with Gasteiger partial charge in [-0.05, 0) is 18.2 Å². The van der Waals surface area contributed by atoms with Crippen molar-refractivity contribution >= 4 is 29.2 Å². The number of amidine groups is 1. The van der Waals surface area contributed by atoms with Gasteiger partial charge in [0.1, 0.15) is 0 Å². The fraction of sp³-hybridized carbons (Fsp3) is 0. The number of carbonyl (C=O) groups excluding carboxylic acids is 1. The third-order valence-corrected chi connectivity index (χ3v) is 1.94. The highest BCUT2D eigenvalue weighted by atomic mass is 35.5. The molecule has 0 aromatic heterocycles. The third-order valence-electron chi connectivity index (χ3n) is 1.63. The Morgan fingerprint density at radius 2 is 2.13 bits per heavy atom. The molecule has 6 N–H and O–H groups in total. The summed E-state index contributed by atoms with van der Waals surface area (Å²) in [5.74, 6) is -0.0671. The van der Waals surface area contributed by atoms with Crippen LogP contribution in [0, 0.1) is 0 Å². The predicted octanol–water partition coefficient (Wildman–Crippen LogP) is 0.925. The number of carbonyl (C=O) groups is 1. The van der Waals surface area contributed by atoms with Crippen LogP contribution in [-0.4, -0.2) is 17.1 Å². The zero-order chi connectivity index (χ0) is 11.4. The Morgan fingerprint density at radius 3 is 2.60 bits per heavy atom. The highest BCUT2D eigenvalue weighted by Crippen LogP contribution is 2.22. The van der Waals surface area contributed by atoms with Gasteiger partial charge in [0.05, 0.1) is 10.7 Å². The van der Waals surface area contributed by atoms with Crippen LogP contribution in [0.4, 0.5) is 10.5 Å². The largest absolute Gasteiger partial charge is 0.409 e. The number of nitrogens with two attached hydrogens (primary N) is 2. The van der Waals surface area contributed by atoms with E-state index in [4.69, 9.17) is 28.3 Å². The first-order valence-electron chi connectivity index (χ1n) is 3.88.